The Morgan fingerprint density at radius 1 is 1.09 bits per heavy atom. The summed E-state index contributed by atoms with van der Waals surface area (Å²) in [4.78, 5) is 40.1. The molecule has 1 unspecified atom stereocenters. The minimum absolute atomic E-state index is 0.0128. The van der Waals surface area contributed by atoms with Crippen LogP contribution in [0, 0.1) is 0 Å². The van der Waals surface area contributed by atoms with Crippen LogP contribution in [-0.2, 0) is 22.7 Å². The Hall–Kier alpha value is -3.20. The second-order valence-electron chi connectivity index (χ2n) is 9.26. The zero-order valence-electron chi connectivity index (χ0n) is 20.7. The van der Waals surface area contributed by atoms with Gasteiger partial charge in [0.05, 0.1) is 13.2 Å². The molecule has 0 radical (unpaired) electrons. The molecule has 3 heterocycles. The van der Waals surface area contributed by atoms with Crippen molar-refractivity contribution in [1.82, 2.24) is 19.8 Å². The van der Waals surface area contributed by atoms with E-state index in [2.05, 4.69) is 41.4 Å². The SMILES string of the molecule is COCc1ccc(C(C)Nc2nc(N3CCN(C(C)=O)CC3)nc3c2CN(C(C)C)C3=O)cc1. The number of rotatable bonds is 7. The van der Waals surface area contributed by atoms with E-state index in [1.54, 1.807) is 14.0 Å². The fourth-order valence-electron chi connectivity index (χ4n) is 4.43. The first-order valence-electron chi connectivity index (χ1n) is 11.8. The first-order valence-corrected chi connectivity index (χ1v) is 11.8. The maximum Gasteiger partial charge on any atom is 0.273 e. The summed E-state index contributed by atoms with van der Waals surface area (Å²) in [6.07, 6.45) is 0. The highest BCUT2D eigenvalue weighted by molar-refractivity contribution is 5.98. The van der Waals surface area contributed by atoms with E-state index in [0.29, 0.717) is 56.8 Å². The van der Waals surface area contributed by atoms with Gasteiger partial charge in [0.1, 0.15) is 11.5 Å². The first kappa shape index (κ1) is 23.9. The number of nitrogens with zero attached hydrogens (tertiary/aromatic N) is 5. The maximum atomic E-state index is 13.1. The van der Waals surface area contributed by atoms with Gasteiger partial charge in [-0.05, 0) is 31.9 Å². The summed E-state index contributed by atoms with van der Waals surface area (Å²) in [5, 5.41) is 3.54. The molecular weight excluding hydrogens is 432 g/mol. The van der Waals surface area contributed by atoms with Gasteiger partial charge in [0.2, 0.25) is 11.9 Å². The van der Waals surface area contributed by atoms with Gasteiger partial charge in [-0.3, -0.25) is 9.59 Å². The highest BCUT2D eigenvalue weighted by Crippen LogP contribution is 2.32. The smallest absolute Gasteiger partial charge is 0.273 e. The fourth-order valence-corrected chi connectivity index (χ4v) is 4.43. The van der Waals surface area contributed by atoms with Crippen LogP contribution < -0.4 is 10.2 Å². The third-order valence-electron chi connectivity index (χ3n) is 6.56. The summed E-state index contributed by atoms with van der Waals surface area (Å²) in [5.41, 5.74) is 3.55. The van der Waals surface area contributed by atoms with Gasteiger partial charge in [-0.2, -0.15) is 4.98 Å². The third kappa shape index (κ3) is 4.84. The minimum atomic E-state index is -0.0596. The summed E-state index contributed by atoms with van der Waals surface area (Å²) in [5.74, 6) is 1.24. The van der Waals surface area contributed by atoms with Crippen molar-refractivity contribution >= 4 is 23.6 Å². The second kappa shape index (κ2) is 9.97. The Bertz CT molecular complexity index is 1050. The van der Waals surface area contributed by atoms with Crippen molar-refractivity contribution in [3.8, 4) is 0 Å². The van der Waals surface area contributed by atoms with Crippen molar-refractivity contribution in [3.63, 3.8) is 0 Å². The quantitative estimate of drug-likeness (QED) is 0.671. The number of carbonyl (C=O) groups excluding carboxylic acids is 2. The van der Waals surface area contributed by atoms with Crippen molar-refractivity contribution in [1.29, 1.82) is 0 Å². The van der Waals surface area contributed by atoms with E-state index in [1.165, 1.54) is 0 Å². The molecule has 9 nitrogen and oxygen atoms in total. The number of carbonyl (C=O) groups is 2. The third-order valence-corrected chi connectivity index (χ3v) is 6.56. The lowest BCUT2D eigenvalue weighted by Crippen LogP contribution is -2.48. The second-order valence-corrected chi connectivity index (χ2v) is 9.26. The summed E-state index contributed by atoms with van der Waals surface area (Å²) in [6.45, 7) is 11.3. The lowest BCUT2D eigenvalue weighted by atomic mass is 10.1. The predicted octanol–water partition coefficient (Wildman–Crippen LogP) is 2.83. The standard InChI is InChI=1S/C25H34N6O3/c1-16(2)31-14-21-22(24(31)33)27-25(30-12-10-29(11-13-30)18(4)32)28-23(21)26-17(3)20-8-6-19(7-9-20)15-34-5/h6-9,16-17H,10-15H2,1-5H3,(H,26,27,28). The number of methoxy groups -OCH3 is 1. The van der Waals surface area contributed by atoms with Crippen LogP contribution in [0.15, 0.2) is 24.3 Å². The number of ether oxygens (including phenoxy) is 1. The Kier molecular flexibility index (Phi) is 7.02. The molecule has 182 valence electrons. The van der Waals surface area contributed by atoms with E-state index in [9.17, 15) is 9.59 Å². The van der Waals surface area contributed by atoms with E-state index >= 15 is 0 Å². The molecule has 2 amide bonds. The molecular formula is C25H34N6O3. The van der Waals surface area contributed by atoms with Crippen LogP contribution in [0.5, 0.6) is 0 Å². The Labute approximate surface area is 201 Å². The van der Waals surface area contributed by atoms with E-state index in [4.69, 9.17) is 14.7 Å². The van der Waals surface area contributed by atoms with Crippen LogP contribution in [0.1, 0.15) is 60.9 Å². The van der Waals surface area contributed by atoms with E-state index in [1.807, 2.05) is 23.6 Å². The zero-order chi connectivity index (χ0) is 24.4. The molecule has 2 aromatic rings. The van der Waals surface area contributed by atoms with E-state index < -0.39 is 0 Å². The normalized spacial score (nSPS) is 16.8. The summed E-state index contributed by atoms with van der Waals surface area (Å²) >= 11 is 0. The van der Waals surface area contributed by atoms with Crippen LogP contribution in [0.25, 0.3) is 0 Å². The number of anilines is 2. The molecule has 4 rings (SSSR count). The van der Waals surface area contributed by atoms with E-state index in [-0.39, 0.29) is 23.9 Å². The Morgan fingerprint density at radius 2 is 1.76 bits per heavy atom. The molecule has 1 atom stereocenters. The first-order chi connectivity index (χ1) is 16.3. The average Bonchev–Trinajstić information content (AvgIpc) is 3.17. The monoisotopic (exact) mass is 466 g/mol. The number of hydrogen-bond donors (Lipinski definition) is 1. The number of aromatic nitrogens is 2. The molecule has 1 saturated heterocycles. The molecule has 0 bridgehead atoms. The number of benzene rings is 1. The lowest BCUT2D eigenvalue weighted by Gasteiger charge is -2.34. The van der Waals surface area contributed by atoms with Crippen molar-refractivity contribution in [2.24, 2.45) is 0 Å². The zero-order valence-corrected chi connectivity index (χ0v) is 20.7. The van der Waals surface area contributed by atoms with Crippen LogP contribution in [-0.4, -0.2) is 70.9 Å². The molecule has 1 aromatic carbocycles. The predicted molar refractivity (Wildman–Crippen MR) is 131 cm³/mol. The van der Waals surface area contributed by atoms with Crippen LogP contribution in [0.2, 0.25) is 0 Å². The Balaban J connectivity index is 1.62. The molecule has 1 aromatic heterocycles. The van der Waals surface area contributed by atoms with Gasteiger partial charge in [-0.1, -0.05) is 24.3 Å². The van der Waals surface area contributed by atoms with Gasteiger partial charge in [0.15, 0.2) is 0 Å². The lowest BCUT2D eigenvalue weighted by molar-refractivity contribution is -0.129. The van der Waals surface area contributed by atoms with Gasteiger partial charge < -0.3 is 24.8 Å². The van der Waals surface area contributed by atoms with Gasteiger partial charge >= 0.3 is 0 Å². The van der Waals surface area contributed by atoms with E-state index in [0.717, 1.165) is 16.7 Å². The van der Waals surface area contributed by atoms with Gasteiger partial charge in [-0.25, -0.2) is 4.98 Å². The molecule has 1 fully saturated rings. The highest BCUT2D eigenvalue weighted by Gasteiger charge is 2.35. The Morgan fingerprint density at radius 3 is 2.35 bits per heavy atom. The van der Waals surface area contributed by atoms with Gasteiger partial charge in [0, 0.05) is 57.9 Å². The van der Waals surface area contributed by atoms with Crippen LogP contribution in [0.4, 0.5) is 11.8 Å². The fraction of sp³-hybridized carbons (Fsp3) is 0.520. The molecule has 9 heteroatoms. The van der Waals surface area contributed by atoms with Crippen molar-refractivity contribution in [2.75, 3.05) is 43.5 Å². The van der Waals surface area contributed by atoms with Crippen LogP contribution in [0.3, 0.4) is 0 Å². The summed E-state index contributed by atoms with van der Waals surface area (Å²) in [6, 6.07) is 8.35. The largest absolute Gasteiger partial charge is 0.380 e. The highest BCUT2D eigenvalue weighted by atomic mass is 16.5. The number of amides is 2. The molecule has 0 saturated carbocycles. The molecule has 0 aliphatic carbocycles. The van der Waals surface area contributed by atoms with Gasteiger partial charge in [0.25, 0.3) is 5.91 Å². The molecule has 2 aliphatic rings. The minimum Gasteiger partial charge on any atom is -0.380 e. The van der Waals surface area contributed by atoms with Crippen molar-refractivity contribution in [3.05, 3.63) is 46.6 Å². The molecule has 34 heavy (non-hydrogen) atoms. The topological polar surface area (TPSA) is 90.9 Å². The van der Waals surface area contributed by atoms with Crippen molar-refractivity contribution in [2.45, 2.75) is 52.9 Å². The number of hydrogen-bond acceptors (Lipinski definition) is 7. The maximum absolute atomic E-state index is 13.1. The number of fused-ring (bicyclic) bond motifs is 1. The molecule has 0 spiro atoms. The summed E-state index contributed by atoms with van der Waals surface area (Å²) in [7, 11) is 1.69. The van der Waals surface area contributed by atoms with Crippen molar-refractivity contribution < 1.29 is 14.3 Å². The van der Waals surface area contributed by atoms with Crippen LogP contribution >= 0.6 is 0 Å². The van der Waals surface area contributed by atoms with Gasteiger partial charge in [-0.15, -0.1) is 0 Å². The molecule has 1 N–H and O–H groups in total. The average molecular weight is 467 g/mol. The number of piperazine rings is 1. The summed E-state index contributed by atoms with van der Waals surface area (Å²) < 4.78 is 5.21. The molecule has 2 aliphatic heterocycles. The number of nitrogens with one attached hydrogen (secondary N) is 1.